The minimum atomic E-state index is -0.461. The van der Waals surface area contributed by atoms with Crippen molar-refractivity contribution in [3.05, 3.63) is 40.4 Å². The Morgan fingerprint density at radius 3 is 2.81 bits per heavy atom. The summed E-state index contributed by atoms with van der Waals surface area (Å²) in [6, 6.07) is 3.01. The summed E-state index contributed by atoms with van der Waals surface area (Å²) in [6.45, 7) is 2.78. The van der Waals surface area contributed by atoms with Crippen LogP contribution in [0.4, 0.5) is 10.1 Å². The van der Waals surface area contributed by atoms with Gasteiger partial charge in [-0.2, -0.15) is 4.39 Å². The van der Waals surface area contributed by atoms with Gasteiger partial charge in [0.15, 0.2) is 0 Å². The second kappa shape index (κ2) is 5.03. The highest BCUT2D eigenvalue weighted by Gasteiger charge is 2.00. The standard InChI is InChI=1S/C11H12FN3S/c1-2-11-15-7-9(16-11)6-13-8-3-4-10(12)14-5-8/h3-5,7,13H,2,6H2,1H3. The molecule has 84 valence electrons. The minimum absolute atomic E-state index is 0.461. The molecule has 5 heteroatoms. The van der Waals surface area contributed by atoms with Crippen molar-refractivity contribution in [1.82, 2.24) is 9.97 Å². The minimum Gasteiger partial charge on any atom is -0.379 e. The van der Waals surface area contributed by atoms with Crippen LogP contribution in [-0.4, -0.2) is 9.97 Å². The average Bonchev–Trinajstić information content (AvgIpc) is 2.76. The lowest BCUT2D eigenvalue weighted by atomic mass is 10.4. The van der Waals surface area contributed by atoms with Gasteiger partial charge in [0.2, 0.25) is 5.95 Å². The fourth-order valence-electron chi connectivity index (χ4n) is 1.26. The maximum atomic E-state index is 12.6. The molecule has 0 bridgehead atoms. The number of thiazole rings is 1. The number of aromatic nitrogens is 2. The van der Waals surface area contributed by atoms with Gasteiger partial charge in [-0.25, -0.2) is 9.97 Å². The van der Waals surface area contributed by atoms with E-state index in [1.165, 1.54) is 17.1 Å². The Morgan fingerprint density at radius 2 is 2.19 bits per heavy atom. The summed E-state index contributed by atoms with van der Waals surface area (Å²) in [7, 11) is 0. The van der Waals surface area contributed by atoms with Crippen LogP contribution >= 0.6 is 11.3 Å². The van der Waals surface area contributed by atoms with Gasteiger partial charge in [0.1, 0.15) is 0 Å². The van der Waals surface area contributed by atoms with Crippen molar-refractivity contribution in [3.8, 4) is 0 Å². The van der Waals surface area contributed by atoms with E-state index in [1.807, 2.05) is 6.20 Å². The number of aryl methyl sites for hydroxylation is 1. The van der Waals surface area contributed by atoms with Gasteiger partial charge < -0.3 is 5.32 Å². The Balaban J connectivity index is 1.94. The Labute approximate surface area is 97.4 Å². The summed E-state index contributed by atoms with van der Waals surface area (Å²) in [5.74, 6) is -0.461. The van der Waals surface area contributed by atoms with Gasteiger partial charge in [-0.3, -0.25) is 0 Å². The van der Waals surface area contributed by atoms with Crippen molar-refractivity contribution in [2.24, 2.45) is 0 Å². The van der Waals surface area contributed by atoms with E-state index in [0.29, 0.717) is 6.54 Å². The molecule has 0 aliphatic rings. The quantitative estimate of drug-likeness (QED) is 0.831. The first-order valence-electron chi connectivity index (χ1n) is 5.07. The van der Waals surface area contributed by atoms with Gasteiger partial charge in [-0.05, 0) is 18.6 Å². The van der Waals surface area contributed by atoms with Crippen molar-refractivity contribution < 1.29 is 4.39 Å². The predicted molar refractivity (Wildman–Crippen MR) is 63.0 cm³/mol. The molecule has 2 aromatic rings. The molecule has 0 spiro atoms. The van der Waals surface area contributed by atoms with Crippen LogP contribution in [0.5, 0.6) is 0 Å². The number of rotatable bonds is 4. The van der Waals surface area contributed by atoms with E-state index in [2.05, 4.69) is 22.2 Å². The van der Waals surface area contributed by atoms with Crippen LogP contribution in [0.2, 0.25) is 0 Å². The van der Waals surface area contributed by atoms with Crippen molar-refractivity contribution in [1.29, 1.82) is 0 Å². The van der Waals surface area contributed by atoms with Crippen molar-refractivity contribution in [2.45, 2.75) is 19.9 Å². The zero-order chi connectivity index (χ0) is 11.4. The molecular weight excluding hydrogens is 225 g/mol. The molecule has 16 heavy (non-hydrogen) atoms. The van der Waals surface area contributed by atoms with Gasteiger partial charge >= 0.3 is 0 Å². The van der Waals surface area contributed by atoms with Gasteiger partial charge in [-0.1, -0.05) is 6.92 Å². The number of hydrogen-bond donors (Lipinski definition) is 1. The summed E-state index contributed by atoms with van der Waals surface area (Å²) in [5.41, 5.74) is 0.813. The monoisotopic (exact) mass is 237 g/mol. The molecule has 2 rings (SSSR count). The van der Waals surface area contributed by atoms with E-state index < -0.39 is 5.95 Å². The molecule has 0 radical (unpaired) electrons. The lowest BCUT2D eigenvalue weighted by Crippen LogP contribution is -1.98. The van der Waals surface area contributed by atoms with Gasteiger partial charge in [0.05, 0.1) is 23.4 Å². The van der Waals surface area contributed by atoms with Gasteiger partial charge in [-0.15, -0.1) is 11.3 Å². The number of nitrogens with zero attached hydrogens (tertiary/aromatic N) is 2. The van der Waals surface area contributed by atoms with Crippen LogP contribution < -0.4 is 5.32 Å². The predicted octanol–water partition coefficient (Wildman–Crippen LogP) is 2.85. The largest absolute Gasteiger partial charge is 0.379 e. The zero-order valence-electron chi connectivity index (χ0n) is 8.90. The highest BCUT2D eigenvalue weighted by molar-refractivity contribution is 7.11. The average molecular weight is 237 g/mol. The second-order valence-electron chi connectivity index (χ2n) is 3.30. The molecule has 3 nitrogen and oxygen atoms in total. The number of halogens is 1. The number of nitrogens with one attached hydrogen (secondary N) is 1. The van der Waals surface area contributed by atoms with E-state index in [9.17, 15) is 4.39 Å². The van der Waals surface area contributed by atoms with Crippen LogP contribution in [-0.2, 0) is 13.0 Å². The topological polar surface area (TPSA) is 37.8 Å². The molecule has 2 aromatic heterocycles. The molecule has 0 fully saturated rings. The Hall–Kier alpha value is -1.49. The molecule has 0 unspecified atom stereocenters. The fraction of sp³-hybridized carbons (Fsp3) is 0.273. The third-order valence-electron chi connectivity index (χ3n) is 2.10. The maximum absolute atomic E-state index is 12.6. The molecular formula is C11H12FN3S. The first-order chi connectivity index (χ1) is 7.78. The fourth-order valence-corrected chi connectivity index (χ4v) is 2.06. The maximum Gasteiger partial charge on any atom is 0.212 e. The molecule has 0 aliphatic heterocycles. The molecule has 0 aromatic carbocycles. The van der Waals surface area contributed by atoms with Crippen molar-refractivity contribution in [2.75, 3.05) is 5.32 Å². The van der Waals surface area contributed by atoms with E-state index >= 15 is 0 Å². The highest BCUT2D eigenvalue weighted by Crippen LogP contribution is 2.15. The van der Waals surface area contributed by atoms with Crippen molar-refractivity contribution in [3.63, 3.8) is 0 Å². The van der Waals surface area contributed by atoms with E-state index in [-0.39, 0.29) is 0 Å². The summed E-state index contributed by atoms with van der Waals surface area (Å²) >= 11 is 1.69. The van der Waals surface area contributed by atoms with Crippen LogP contribution in [0, 0.1) is 5.95 Å². The van der Waals surface area contributed by atoms with Gasteiger partial charge in [0.25, 0.3) is 0 Å². The summed E-state index contributed by atoms with van der Waals surface area (Å²) in [4.78, 5) is 9.00. The van der Waals surface area contributed by atoms with E-state index in [1.54, 1.807) is 17.4 Å². The normalized spacial score (nSPS) is 10.4. The number of hydrogen-bond acceptors (Lipinski definition) is 4. The SMILES string of the molecule is CCc1ncc(CNc2ccc(F)nc2)s1. The molecule has 0 aliphatic carbocycles. The lowest BCUT2D eigenvalue weighted by Gasteiger charge is -2.02. The molecule has 0 atom stereocenters. The summed E-state index contributed by atoms with van der Waals surface area (Å²) < 4.78 is 12.6. The van der Waals surface area contributed by atoms with Crippen LogP contribution in [0.1, 0.15) is 16.8 Å². The molecule has 0 saturated carbocycles. The van der Waals surface area contributed by atoms with Crippen LogP contribution in [0.15, 0.2) is 24.5 Å². The van der Waals surface area contributed by atoms with Crippen LogP contribution in [0.25, 0.3) is 0 Å². The number of pyridine rings is 1. The number of anilines is 1. The third kappa shape index (κ3) is 2.76. The Morgan fingerprint density at radius 1 is 1.31 bits per heavy atom. The highest BCUT2D eigenvalue weighted by atomic mass is 32.1. The molecule has 2 heterocycles. The smallest absolute Gasteiger partial charge is 0.212 e. The molecule has 0 saturated heterocycles. The third-order valence-corrected chi connectivity index (χ3v) is 3.24. The Bertz CT molecular complexity index is 453. The Kier molecular flexibility index (Phi) is 3.46. The van der Waals surface area contributed by atoms with Gasteiger partial charge in [0, 0.05) is 11.1 Å². The summed E-state index contributed by atoms with van der Waals surface area (Å²) in [5, 5.41) is 4.30. The lowest BCUT2D eigenvalue weighted by molar-refractivity contribution is 0.584. The zero-order valence-corrected chi connectivity index (χ0v) is 9.72. The summed E-state index contributed by atoms with van der Waals surface area (Å²) in [6.07, 6.45) is 4.31. The second-order valence-corrected chi connectivity index (χ2v) is 4.50. The first kappa shape index (κ1) is 11.0. The van der Waals surface area contributed by atoms with Crippen LogP contribution in [0.3, 0.4) is 0 Å². The molecule has 0 amide bonds. The molecule has 1 N–H and O–H groups in total. The first-order valence-corrected chi connectivity index (χ1v) is 5.88. The van der Waals surface area contributed by atoms with E-state index in [4.69, 9.17) is 0 Å². The van der Waals surface area contributed by atoms with Crippen molar-refractivity contribution >= 4 is 17.0 Å². The van der Waals surface area contributed by atoms with E-state index in [0.717, 1.165) is 17.1 Å².